The Morgan fingerprint density at radius 1 is 1.61 bits per heavy atom. The number of aromatic amines is 1. The zero-order valence-electron chi connectivity index (χ0n) is 11.0. The number of hydrogen-bond donors (Lipinski definition) is 2. The minimum Gasteiger partial charge on any atom is -0.381 e. The summed E-state index contributed by atoms with van der Waals surface area (Å²) in [6, 6.07) is 1.51. The molecule has 1 aromatic rings. The van der Waals surface area contributed by atoms with Gasteiger partial charge < -0.3 is 15.0 Å². The van der Waals surface area contributed by atoms with Crippen molar-refractivity contribution < 1.29 is 4.74 Å². The number of anilines is 1. The Bertz CT molecular complexity index is 436. The summed E-state index contributed by atoms with van der Waals surface area (Å²) in [6.07, 6.45) is 2.29. The molecule has 0 radical (unpaired) electrons. The van der Waals surface area contributed by atoms with Crippen LogP contribution in [0.4, 0.5) is 5.82 Å². The fraction of sp³-hybridized carbons (Fsp3) is 0.692. The molecule has 0 saturated carbocycles. The summed E-state index contributed by atoms with van der Waals surface area (Å²) in [7, 11) is 0. The van der Waals surface area contributed by atoms with Crippen LogP contribution in [0.25, 0.3) is 0 Å². The molecule has 1 unspecified atom stereocenters. The smallest absolute Gasteiger partial charge is 0.252 e. The number of ether oxygens (including phenoxy) is 1. The van der Waals surface area contributed by atoms with Gasteiger partial charge in [0, 0.05) is 25.1 Å². The van der Waals surface area contributed by atoms with Crippen LogP contribution in [0, 0.1) is 5.92 Å². The first-order valence-electron chi connectivity index (χ1n) is 6.58. The van der Waals surface area contributed by atoms with E-state index in [0.717, 1.165) is 32.0 Å². The lowest BCUT2D eigenvalue weighted by Crippen LogP contribution is -2.25. The van der Waals surface area contributed by atoms with Crippen LogP contribution < -0.4 is 10.9 Å². The molecule has 5 heteroatoms. The lowest BCUT2D eigenvalue weighted by molar-refractivity contribution is 0.0595. The second-order valence-electron chi connectivity index (χ2n) is 5.13. The SMILES string of the molecule is CC(C)c1nc(NCC2CCCOC2)cc(=O)[nH]1. The van der Waals surface area contributed by atoms with Crippen molar-refractivity contribution in [2.24, 2.45) is 5.92 Å². The molecule has 1 aliphatic rings. The predicted molar refractivity (Wildman–Crippen MR) is 71.0 cm³/mol. The molecule has 0 spiro atoms. The number of nitrogens with one attached hydrogen (secondary N) is 2. The Hall–Kier alpha value is -1.36. The highest BCUT2D eigenvalue weighted by Gasteiger charge is 2.14. The van der Waals surface area contributed by atoms with Crippen molar-refractivity contribution in [2.75, 3.05) is 25.1 Å². The van der Waals surface area contributed by atoms with Gasteiger partial charge in [0.2, 0.25) is 0 Å². The van der Waals surface area contributed by atoms with Gasteiger partial charge in [0.05, 0.1) is 6.61 Å². The quantitative estimate of drug-likeness (QED) is 0.855. The highest BCUT2D eigenvalue weighted by molar-refractivity contribution is 5.33. The molecule has 1 fully saturated rings. The molecular weight excluding hydrogens is 230 g/mol. The van der Waals surface area contributed by atoms with Gasteiger partial charge in [-0.2, -0.15) is 0 Å². The highest BCUT2D eigenvalue weighted by atomic mass is 16.5. The Morgan fingerprint density at radius 3 is 3.11 bits per heavy atom. The van der Waals surface area contributed by atoms with Gasteiger partial charge in [-0.25, -0.2) is 4.98 Å². The van der Waals surface area contributed by atoms with Crippen LogP contribution in [0.5, 0.6) is 0 Å². The Labute approximate surface area is 107 Å². The van der Waals surface area contributed by atoms with Gasteiger partial charge in [0.25, 0.3) is 5.56 Å². The van der Waals surface area contributed by atoms with Crippen molar-refractivity contribution in [2.45, 2.75) is 32.6 Å². The molecule has 1 aliphatic heterocycles. The van der Waals surface area contributed by atoms with Gasteiger partial charge >= 0.3 is 0 Å². The van der Waals surface area contributed by atoms with E-state index in [4.69, 9.17) is 4.74 Å². The predicted octanol–water partition coefficient (Wildman–Crippen LogP) is 1.73. The van der Waals surface area contributed by atoms with Crippen molar-refractivity contribution in [3.05, 3.63) is 22.2 Å². The van der Waals surface area contributed by atoms with Crippen LogP contribution in [0.3, 0.4) is 0 Å². The fourth-order valence-electron chi connectivity index (χ4n) is 2.06. The van der Waals surface area contributed by atoms with E-state index in [0.29, 0.717) is 11.7 Å². The van der Waals surface area contributed by atoms with E-state index in [2.05, 4.69) is 15.3 Å². The van der Waals surface area contributed by atoms with Gasteiger partial charge in [-0.3, -0.25) is 4.79 Å². The number of H-pyrrole nitrogens is 1. The molecule has 1 aromatic heterocycles. The molecule has 0 aromatic carbocycles. The van der Waals surface area contributed by atoms with E-state index in [1.54, 1.807) is 0 Å². The summed E-state index contributed by atoms with van der Waals surface area (Å²) in [5.74, 6) is 2.12. The maximum absolute atomic E-state index is 11.5. The molecule has 2 N–H and O–H groups in total. The van der Waals surface area contributed by atoms with E-state index in [1.165, 1.54) is 12.5 Å². The number of nitrogens with zero attached hydrogens (tertiary/aromatic N) is 1. The minimum atomic E-state index is -0.101. The molecule has 0 bridgehead atoms. The second-order valence-corrected chi connectivity index (χ2v) is 5.13. The number of hydrogen-bond acceptors (Lipinski definition) is 4. The molecule has 0 aliphatic carbocycles. The zero-order valence-corrected chi connectivity index (χ0v) is 11.0. The Morgan fingerprint density at radius 2 is 2.44 bits per heavy atom. The van der Waals surface area contributed by atoms with Crippen molar-refractivity contribution in [3.63, 3.8) is 0 Å². The maximum atomic E-state index is 11.5. The summed E-state index contributed by atoms with van der Waals surface area (Å²) < 4.78 is 5.43. The Balaban J connectivity index is 1.97. The molecule has 18 heavy (non-hydrogen) atoms. The average molecular weight is 251 g/mol. The first kappa shape index (κ1) is 13.1. The maximum Gasteiger partial charge on any atom is 0.252 e. The van der Waals surface area contributed by atoms with E-state index < -0.39 is 0 Å². The lowest BCUT2D eigenvalue weighted by atomic mass is 10.0. The molecule has 0 amide bonds. The zero-order chi connectivity index (χ0) is 13.0. The van der Waals surface area contributed by atoms with E-state index in [-0.39, 0.29) is 11.5 Å². The normalized spacial score (nSPS) is 20.1. The average Bonchev–Trinajstić information content (AvgIpc) is 2.37. The first-order valence-corrected chi connectivity index (χ1v) is 6.58. The van der Waals surface area contributed by atoms with Gasteiger partial charge in [0.1, 0.15) is 11.6 Å². The topological polar surface area (TPSA) is 67.0 Å². The number of aromatic nitrogens is 2. The van der Waals surface area contributed by atoms with E-state index >= 15 is 0 Å². The minimum absolute atomic E-state index is 0.101. The third-order valence-corrected chi connectivity index (χ3v) is 3.13. The monoisotopic (exact) mass is 251 g/mol. The van der Waals surface area contributed by atoms with Crippen molar-refractivity contribution in [1.82, 2.24) is 9.97 Å². The summed E-state index contributed by atoms with van der Waals surface area (Å²) in [5.41, 5.74) is -0.101. The summed E-state index contributed by atoms with van der Waals surface area (Å²) in [4.78, 5) is 18.7. The van der Waals surface area contributed by atoms with Crippen molar-refractivity contribution in [3.8, 4) is 0 Å². The van der Waals surface area contributed by atoms with Crippen LogP contribution in [-0.4, -0.2) is 29.7 Å². The van der Waals surface area contributed by atoms with Crippen LogP contribution >= 0.6 is 0 Å². The Kier molecular flexibility index (Phi) is 4.36. The third kappa shape index (κ3) is 3.57. The van der Waals surface area contributed by atoms with Crippen LogP contribution in [0.1, 0.15) is 38.4 Å². The molecule has 2 rings (SSSR count). The lowest BCUT2D eigenvalue weighted by Gasteiger charge is -2.22. The van der Waals surface area contributed by atoms with Gasteiger partial charge in [-0.15, -0.1) is 0 Å². The standard InChI is InChI=1S/C13H21N3O2/c1-9(2)13-15-11(6-12(17)16-13)14-7-10-4-3-5-18-8-10/h6,9-10H,3-5,7-8H2,1-2H3,(H2,14,15,16,17). The van der Waals surface area contributed by atoms with Gasteiger partial charge in [0.15, 0.2) is 0 Å². The van der Waals surface area contributed by atoms with Gasteiger partial charge in [-0.1, -0.05) is 13.8 Å². The summed E-state index contributed by atoms with van der Waals surface area (Å²) >= 11 is 0. The van der Waals surface area contributed by atoms with Crippen LogP contribution in [0.15, 0.2) is 10.9 Å². The summed E-state index contributed by atoms with van der Waals surface area (Å²) in [5, 5.41) is 3.24. The number of rotatable bonds is 4. The van der Waals surface area contributed by atoms with Crippen molar-refractivity contribution >= 4 is 5.82 Å². The molecule has 5 nitrogen and oxygen atoms in total. The van der Waals surface area contributed by atoms with E-state index in [9.17, 15) is 4.79 Å². The van der Waals surface area contributed by atoms with E-state index in [1.807, 2.05) is 13.8 Å². The van der Waals surface area contributed by atoms with Crippen LogP contribution in [-0.2, 0) is 4.74 Å². The van der Waals surface area contributed by atoms with Crippen LogP contribution in [0.2, 0.25) is 0 Å². The first-order chi connectivity index (χ1) is 8.65. The molecule has 1 atom stereocenters. The second kappa shape index (κ2) is 6.00. The molecule has 100 valence electrons. The summed E-state index contributed by atoms with van der Waals surface area (Å²) in [6.45, 7) is 6.51. The molecular formula is C13H21N3O2. The molecule has 1 saturated heterocycles. The largest absolute Gasteiger partial charge is 0.381 e. The highest BCUT2D eigenvalue weighted by Crippen LogP contribution is 2.14. The third-order valence-electron chi connectivity index (χ3n) is 3.13. The van der Waals surface area contributed by atoms with Gasteiger partial charge in [-0.05, 0) is 18.8 Å². The van der Waals surface area contributed by atoms with Crippen molar-refractivity contribution in [1.29, 1.82) is 0 Å². The molecule has 2 heterocycles. The fourth-order valence-corrected chi connectivity index (χ4v) is 2.06.